The second-order valence-corrected chi connectivity index (χ2v) is 10.9. The fraction of sp³-hybridized carbons (Fsp3) is 0.483. The number of carbonyl (C=O) groups excluding carboxylic acids is 1. The standard InChI is InChI=1S/C29H35ClN4O/c30-22-10-12-24-21(19-22)9-11-26(32-24)28(29(35)20-5-2-1-3-6-20)34-17-15-33(16-18-34)27-8-4-7-25-23(27)13-14-31-25/h4,7-8,10,12-14,19-20,26,28,31-32H,1-3,5-6,9,11,15-18H2. The second-order valence-electron chi connectivity index (χ2n) is 10.5. The second kappa shape index (κ2) is 9.87. The number of ketones is 1. The van der Waals surface area contributed by atoms with Crippen LogP contribution in [0.5, 0.6) is 0 Å². The molecule has 2 aliphatic heterocycles. The number of hydrogen-bond acceptors (Lipinski definition) is 4. The molecule has 1 saturated carbocycles. The lowest BCUT2D eigenvalue weighted by atomic mass is 9.80. The van der Waals surface area contributed by atoms with Crippen molar-refractivity contribution >= 4 is 39.7 Å². The van der Waals surface area contributed by atoms with Crippen LogP contribution < -0.4 is 10.2 Å². The molecule has 2 N–H and O–H groups in total. The van der Waals surface area contributed by atoms with Crippen molar-refractivity contribution in [3.05, 3.63) is 59.2 Å². The summed E-state index contributed by atoms with van der Waals surface area (Å²) in [7, 11) is 0. The number of nitrogens with one attached hydrogen (secondary N) is 2. The molecule has 2 fully saturated rings. The molecule has 0 radical (unpaired) electrons. The van der Waals surface area contributed by atoms with E-state index in [1.165, 1.54) is 41.4 Å². The zero-order valence-corrected chi connectivity index (χ0v) is 21.1. The molecule has 0 amide bonds. The lowest BCUT2D eigenvalue weighted by Gasteiger charge is -2.45. The molecular formula is C29H35ClN4O. The third-order valence-electron chi connectivity index (χ3n) is 8.43. The van der Waals surface area contributed by atoms with Gasteiger partial charge in [0.2, 0.25) is 0 Å². The molecule has 2 atom stereocenters. The summed E-state index contributed by atoms with van der Waals surface area (Å²) in [6.45, 7) is 3.71. The lowest BCUT2D eigenvalue weighted by molar-refractivity contribution is -0.130. The number of nitrogens with zero attached hydrogens (tertiary/aromatic N) is 2. The van der Waals surface area contributed by atoms with Gasteiger partial charge in [0, 0.05) is 71.6 Å². The van der Waals surface area contributed by atoms with Crippen LogP contribution >= 0.6 is 11.6 Å². The maximum Gasteiger partial charge on any atom is 0.155 e. The van der Waals surface area contributed by atoms with Gasteiger partial charge in [-0.2, -0.15) is 0 Å². The summed E-state index contributed by atoms with van der Waals surface area (Å²) < 4.78 is 0. The van der Waals surface area contributed by atoms with Gasteiger partial charge >= 0.3 is 0 Å². The Bertz CT molecular complexity index is 1190. The van der Waals surface area contributed by atoms with Gasteiger partial charge in [-0.15, -0.1) is 0 Å². The average molecular weight is 491 g/mol. The van der Waals surface area contributed by atoms with E-state index in [4.69, 9.17) is 11.6 Å². The molecule has 1 aliphatic carbocycles. The van der Waals surface area contributed by atoms with E-state index >= 15 is 0 Å². The highest BCUT2D eigenvalue weighted by Crippen LogP contribution is 2.34. The fourth-order valence-electron chi connectivity index (χ4n) is 6.58. The Morgan fingerprint density at radius 3 is 2.63 bits per heavy atom. The Morgan fingerprint density at radius 1 is 0.971 bits per heavy atom. The number of Topliss-reactive ketones (excluding diaryl/α,β-unsaturated/α-hetero) is 1. The Labute approximate surface area is 212 Å². The molecule has 0 spiro atoms. The van der Waals surface area contributed by atoms with Crippen molar-refractivity contribution in [2.24, 2.45) is 5.92 Å². The van der Waals surface area contributed by atoms with E-state index in [9.17, 15) is 4.79 Å². The van der Waals surface area contributed by atoms with E-state index in [1.54, 1.807) is 0 Å². The van der Waals surface area contributed by atoms with Gasteiger partial charge in [0.1, 0.15) is 0 Å². The minimum Gasteiger partial charge on any atom is -0.380 e. The Hall–Kier alpha value is -2.50. The summed E-state index contributed by atoms with van der Waals surface area (Å²) in [5, 5.41) is 5.83. The van der Waals surface area contributed by atoms with Crippen LogP contribution in [0.3, 0.4) is 0 Å². The minimum absolute atomic E-state index is 0.0628. The molecule has 5 nitrogen and oxygen atoms in total. The average Bonchev–Trinajstić information content (AvgIpc) is 3.39. The molecule has 6 rings (SSSR count). The largest absolute Gasteiger partial charge is 0.380 e. The van der Waals surface area contributed by atoms with E-state index in [-0.39, 0.29) is 18.0 Å². The number of hydrogen-bond donors (Lipinski definition) is 2. The molecule has 3 aliphatic rings. The first-order chi connectivity index (χ1) is 17.2. The Morgan fingerprint density at radius 2 is 1.80 bits per heavy atom. The topological polar surface area (TPSA) is 51.4 Å². The van der Waals surface area contributed by atoms with E-state index < -0.39 is 0 Å². The third-order valence-corrected chi connectivity index (χ3v) is 8.67. The van der Waals surface area contributed by atoms with Gasteiger partial charge in [-0.1, -0.05) is 36.9 Å². The predicted molar refractivity (Wildman–Crippen MR) is 145 cm³/mol. The van der Waals surface area contributed by atoms with Crippen LogP contribution in [0.4, 0.5) is 11.4 Å². The van der Waals surface area contributed by atoms with Crippen molar-refractivity contribution in [1.82, 2.24) is 9.88 Å². The van der Waals surface area contributed by atoms with Crippen molar-refractivity contribution in [1.29, 1.82) is 0 Å². The van der Waals surface area contributed by atoms with Crippen LogP contribution in [-0.2, 0) is 11.2 Å². The molecule has 2 unspecified atom stereocenters. The zero-order chi connectivity index (χ0) is 23.8. The summed E-state index contributed by atoms with van der Waals surface area (Å²) in [6.07, 6.45) is 9.73. The van der Waals surface area contributed by atoms with Crippen molar-refractivity contribution in [3.63, 3.8) is 0 Å². The van der Waals surface area contributed by atoms with Gasteiger partial charge < -0.3 is 15.2 Å². The number of fused-ring (bicyclic) bond motifs is 2. The fourth-order valence-corrected chi connectivity index (χ4v) is 6.77. The number of halogens is 1. The molecule has 3 heterocycles. The predicted octanol–water partition coefficient (Wildman–Crippen LogP) is 5.89. The van der Waals surface area contributed by atoms with Crippen molar-refractivity contribution in [2.45, 2.75) is 57.0 Å². The van der Waals surface area contributed by atoms with Crippen molar-refractivity contribution < 1.29 is 4.79 Å². The van der Waals surface area contributed by atoms with Crippen LogP contribution in [0.1, 0.15) is 44.1 Å². The smallest absolute Gasteiger partial charge is 0.155 e. The molecule has 6 heteroatoms. The first-order valence-electron chi connectivity index (χ1n) is 13.3. The van der Waals surface area contributed by atoms with Gasteiger partial charge in [-0.3, -0.25) is 9.69 Å². The number of H-pyrrole nitrogens is 1. The van der Waals surface area contributed by atoms with Gasteiger partial charge in [0.15, 0.2) is 5.78 Å². The summed E-state index contributed by atoms with van der Waals surface area (Å²) in [4.78, 5) is 22.3. The summed E-state index contributed by atoms with van der Waals surface area (Å²) in [5.74, 6) is 0.689. The summed E-state index contributed by atoms with van der Waals surface area (Å²) in [6, 6.07) is 14.8. The highest BCUT2D eigenvalue weighted by Gasteiger charge is 2.40. The molecule has 0 bridgehead atoms. The highest BCUT2D eigenvalue weighted by molar-refractivity contribution is 6.30. The quantitative estimate of drug-likeness (QED) is 0.468. The van der Waals surface area contributed by atoms with Crippen molar-refractivity contribution in [2.75, 3.05) is 36.4 Å². The molecule has 35 heavy (non-hydrogen) atoms. The SMILES string of the molecule is O=C(C1CCCCC1)C(C1CCc2cc(Cl)ccc2N1)N1CCN(c2cccc3[nH]ccc23)CC1. The molecule has 3 aromatic rings. The Kier molecular flexibility index (Phi) is 6.46. The highest BCUT2D eigenvalue weighted by atomic mass is 35.5. The maximum absolute atomic E-state index is 14.0. The van der Waals surface area contributed by atoms with Gasteiger partial charge in [-0.25, -0.2) is 0 Å². The normalized spacial score (nSPS) is 22.5. The number of benzene rings is 2. The number of piperazine rings is 1. The monoisotopic (exact) mass is 490 g/mol. The number of anilines is 2. The van der Waals surface area contributed by atoms with Crippen LogP contribution in [0.15, 0.2) is 48.7 Å². The molecular weight excluding hydrogens is 456 g/mol. The molecule has 1 saturated heterocycles. The number of aromatic nitrogens is 1. The van der Waals surface area contributed by atoms with Crippen LogP contribution in [0.25, 0.3) is 10.9 Å². The first-order valence-corrected chi connectivity index (χ1v) is 13.7. The van der Waals surface area contributed by atoms with Gasteiger partial charge in [-0.05, 0) is 67.6 Å². The number of rotatable bonds is 5. The van der Waals surface area contributed by atoms with Gasteiger partial charge in [0.05, 0.1) is 6.04 Å². The van der Waals surface area contributed by atoms with Crippen LogP contribution in [-0.4, -0.2) is 53.9 Å². The third kappa shape index (κ3) is 4.56. The van der Waals surface area contributed by atoms with Crippen molar-refractivity contribution in [3.8, 4) is 0 Å². The zero-order valence-electron chi connectivity index (χ0n) is 20.3. The summed E-state index contributed by atoms with van der Waals surface area (Å²) >= 11 is 6.25. The molecule has 2 aromatic carbocycles. The maximum atomic E-state index is 14.0. The Balaban J connectivity index is 1.23. The summed E-state index contributed by atoms with van der Waals surface area (Å²) in [5.41, 5.74) is 4.88. The molecule has 1 aromatic heterocycles. The van der Waals surface area contributed by atoms with E-state index in [1.807, 2.05) is 12.3 Å². The van der Waals surface area contributed by atoms with E-state index in [0.717, 1.165) is 62.6 Å². The first kappa shape index (κ1) is 22.9. The van der Waals surface area contributed by atoms with Crippen LogP contribution in [0.2, 0.25) is 5.02 Å². The van der Waals surface area contributed by atoms with E-state index in [2.05, 4.69) is 56.5 Å². The minimum atomic E-state index is -0.0628. The van der Waals surface area contributed by atoms with E-state index in [0.29, 0.717) is 5.78 Å². The number of aryl methyl sites for hydroxylation is 1. The number of aromatic amines is 1. The number of carbonyl (C=O) groups is 1. The molecule has 184 valence electrons. The van der Waals surface area contributed by atoms with Gasteiger partial charge in [0.25, 0.3) is 0 Å². The van der Waals surface area contributed by atoms with Crippen LogP contribution in [0, 0.1) is 5.92 Å². The lowest BCUT2D eigenvalue weighted by Crippen LogP contribution is -2.60.